The third-order valence-electron chi connectivity index (χ3n) is 6.10. The number of alkyl halides is 2. The maximum Gasteiger partial charge on any atom is 0.308 e. The maximum absolute atomic E-state index is 16.5. The van der Waals surface area contributed by atoms with Crippen LogP contribution in [0.1, 0.15) is 17.0 Å². The molecule has 5 aromatic rings. The number of aliphatic hydroxyl groups is 1. The maximum atomic E-state index is 16.5. The summed E-state index contributed by atoms with van der Waals surface area (Å²) in [4.78, 5) is 3.62. The second-order valence-corrected chi connectivity index (χ2v) is 10.2. The molecule has 5 rings (SSSR count). The number of para-hydroxylation sites is 1. The van der Waals surface area contributed by atoms with Gasteiger partial charge in [0.25, 0.3) is 10.0 Å². The molecule has 3 aromatic carbocycles. The van der Waals surface area contributed by atoms with Crippen molar-refractivity contribution in [3.63, 3.8) is 0 Å². The Labute approximate surface area is 208 Å². The zero-order valence-corrected chi connectivity index (χ0v) is 19.6. The van der Waals surface area contributed by atoms with E-state index in [9.17, 15) is 22.3 Å². The van der Waals surface area contributed by atoms with Crippen LogP contribution >= 0.6 is 0 Å². The minimum Gasteiger partial charge on any atom is -0.378 e. The van der Waals surface area contributed by atoms with Crippen molar-refractivity contribution >= 4 is 20.9 Å². The molecule has 0 spiro atoms. The number of aromatic nitrogens is 4. The fraction of sp³-hybridized carbons (Fsp3) is 0.120. The molecule has 0 saturated carbocycles. The Morgan fingerprint density at radius 3 is 2.32 bits per heavy atom. The zero-order valence-electron chi connectivity index (χ0n) is 18.8. The average molecular weight is 531 g/mol. The largest absolute Gasteiger partial charge is 0.378 e. The molecule has 0 aliphatic rings. The summed E-state index contributed by atoms with van der Waals surface area (Å²) in [5.41, 5.74) is -5.19. The summed E-state index contributed by atoms with van der Waals surface area (Å²) >= 11 is 0. The van der Waals surface area contributed by atoms with Crippen LogP contribution in [0.5, 0.6) is 0 Å². The molecule has 7 nitrogen and oxygen atoms in total. The van der Waals surface area contributed by atoms with Crippen LogP contribution in [0, 0.1) is 11.6 Å². The van der Waals surface area contributed by atoms with Gasteiger partial charge < -0.3 is 5.11 Å². The van der Waals surface area contributed by atoms with Gasteiger partial charge in [-0.2, -0.15) is 13.9 Å². The number of hydrogen-bond donors (Lipinski definition) is 2. The third-order valence-corrected chi connectivity index (χ3v) is 7.79. The molecule has 0 radical (unpaired) electrons. The highest BCUT2D eigenvalue weighted by Gasteiger charge is 2.58. The van der Waals surface area contributed by atoms with E-state index in [2.05, 4.69) is 15.2 Å². The first-order chi connectivity index (χ1) is 17.6. The standard InChI is InChI=1S/C25H18F4N4O3S/c26-16-10-11-19(21(27)12-16)24(34,13-23-30-15-31-32-23)25(28,29)20-14-33(22-9-5-4-8-18(20)22)37(35,36)17-6-2-1-3-7-17/h1-12,14-15,34H,13H2,(H,30,31,32). The molecule has 37 heavy (non-hydrogen) atoms. The molecule has 0 aliphatic heterocycles. The molecule has 2 heterocycles. The van der Waals surface area contributed by atoms with Crippen LogP contribution in [0.15, 0.2) is 90.2 Å². The highest BCUT2D eigenvalue weighted by atomic mass is 32.2. The summed E-state index contributed by atoms with van der Waals surface area (Å²) in [5.74, 6) is -6.96. The average Bonchev–Trinajstić information content (AvgIpc) is 3.52. The number of fused-ring (bicyclic) bond motifs is 1. The van der Waals surface area contributed by atoms with E-state index in [0.29, 0.717) is 16.2 Å². The first-order valence-corrected chi connectivity index (χ1v) is 12.3. The molecule has 2 aromatic heterocycles. The summed E-state index contributed by atoms with van der Waals surface area (Å²) in [6.07, 6.45) is 0.778. The Balaban J connectivity index is 1.77. The molecular weight excluding hydrogens is 512 g/mol. The van der Waals surface area contributed by atoms with Gasteiger partial charge >= 0.3 is 5.92 Å². The minimum atomic E-state index is -4.33. The van der Waals surface area contributed by atoms with Gasteiger partial charge in [0.2, 0.25) is 0 Å². The molecule has 190 valence electrons. The topological polar surface area (TPSA) is 101 Å². The summed E-state index contributed by atoms with van der Waals surface area (Å²) in [6.45, 7) is 0. The van der Waals surface area contributed by atoms with Crippen LogP contribution in [0.3, 0.4) is 0 Å². The van der Waals surface area contributed by atoms with Gasteiger partial charge in [0.15, 0.2) is 5.60 Å². The highest BCUT2D eigenvalue weighted by Crippen LogP contribution is 2.50. The van der Waals surface area contributed by atoms with Gasteiger partial charge in [-0.3, -0.25) is 5.10 Å². The quantitative estimate of drug-likeness (QED) is 0.302. The first-order valence-electron chi connectivity index (χ1n) is 10.9. The normalized spacial score (nSPS) is 14.1. The van der Waals surface area contributed by atoms with Crippen LogP contribution in [0.2, 0.25) is 0 Å². The molecule has 1 unspecified atom stereocenters. The van der Waals surface area contributed by atoms with Crippen molar-refractivity contribution < 1.29 is 31.1 Å². The smallest absolute Gasteiger partial charge is 0.308 e. The molecule has 1 atom stereocenters. The number of hydrogen-bond acceptors (Lipinski definition) is 5. The van der Waals surface area contributed by atoms with Gasteiger partial charge in [-0.05, 0) is 24.3 Å². The fourth-order valence-corrected chi connectivity index (χ4v) is 5.68. The lowest BCUT2D eigenvalue weighted by molar-refractivity contribution is -0.196. The number of halogens is 4. The van der Waals surface area contributed by atoms with E-state index >= 15 is 8.78 Å². The number of nitrogens with zero attached hydrogens (tertiary/aromatic N) is 3. The van der Waals surface area contributed by atoms with E-state index in [4.69, 9.17) is 0 Å². The fourth-order valence-electron chi connectivity index (χ4n) is 4.29. The van der Waals surface area contributed by atoms with Crippen LogP contribution in [0.4, 0.5) is 17.6 Å². The van der Waals surface area contributed by atoms with E-state index < -0.39 is 50.7 Å². The first kappa shape index (κ1) is 24.7. The van der Waals surface area contributed by atoms with Crippen molar-refractivity contribution in [3.05, 3.63) is 114 Å². The SMILES string of the molecule is O=S(=O)(c1ccccc1)n1cc(C(F)(F)C(O)(Cc2ncn[nH]2)c2ccc(F)cc2F)c2ccccc21. The molecule has 0 aliphatic carbocycles. The van der Waals surface area contributed by atoms with Crippen LogP contribution in [-0.2, 0) is 28.0 Å². The van der Waals surface area contributed by atoms with Gasteiger partial charge in [-0.1, -0.05) is 42.5 Å². The summed E-state index contributed by atoms with van der Waals surface area (Å²) in [5, 5.41) is 17.3. The highest BCUT2D eigenvalue weighted by molar-refractivity contribution is 7.90. The Kier molecular flexibility index (Phi) is 5.88. The number of aromatic amines is 1. The number of H-pyrrole nitrogens is 1. The molecule has 0 amide bonds. The van der Waals surface area contributed by atoms with E-state index in [-0.39, 0.29) is 21.6 Å². The van der Waals surface area contributed by atoms with Crippen molar-refractivity contribution in [3.8, 4) is 0 Å². The summed E-state index contributed by atoms with van der Waals surface area (Å²) < 4.78 is 89.0. The molecule has 12 heteroatoms. The second-order valence-electron chi connectivity index (χ2n) is 8.34. The van der Waals surface area contributed by atoms with Crippen molar-refractivity contribution in [2.24, 2.45) is 0 Å². The van der Waals surface area contributed by atoms with Gasteiger partial charge in [-0.15, -0.1) is 0 Å². The molecule has 0 saturated heterocycles. The van der Waals surface area contributed by atoms with Crippen molar-refractivity contribution in [2.45, 2.75) is 22.8 Å². The number of benzene rings is 3. The van der Waals surface area contributed by atoms with Gasteiger partial charge in [-0.25, -0.2) is 26.2 Å². The lowest BCUT2D eigenvalue weighted by Gasteiger charge is -2.36. The van der Waals surface area contributed by atoms with Crippen LogP contribution in [0.25, 0.3) is 10.9 Å². The summed E-state index contributed by atoms with van der Waals surface area (Å²) in [7, 11) is -4.33. The zero-order chi connectivity index (χ0) is 26.4. The predicted molar refractivity (Wildman–Crippen MR) is 125 cm³/mol. The summed E-state index contributed by atoms with van der Waals surface area (Å²) in [6, 6.07) is 14.5. The van der Waals surface area contributed by atoms with Gasteiger partial charge in [0.1, 0.15) is 23.8 Å². The third kappa shape index (κ3) is 3.98. The Hall–Kier alpha value is -4.03. The Morgan fingerprint density at radius 2 is 1.65 bits per heavy atom. The van der Waals surface area contributed by atoms with E-state index in [1.54, 1.807) is 6.07 Å². The lowest BCUT2D eigenvalue weighted by Crippen LogP contribution is -2.46. The monoisotopic (exact) mass is 530 g/mol. The number of nitrogens with one attached hydrogen (secondary N) is 1. The van der Waals surface area contributed by atoms with Gasteiger partial charge in [0.05, 0.1) is 16.0 Å². The molecular formula is C25H18F4N4O3S. The lowest BCUT2D eigenvalue weighted by atomic mass is 9.80. The van der Waals surface area contributed by atoms with Crippen molar-refractivity contribution in [2.75, 3.05) is 0 Å². The van der Waals surface area contributed by atoms with E-state index in [1.165, 1.54) is 48.5 Å². The van der Waals surface area contributed by atoms with Crippen LogP contribution < -0.4 is 0 Å². The number of rotatable bonds is 7. The minimum absolute atomic E-state index is 0.0809. The second kappa shape index (κ2) is 8.82. The molecule has 2 N–H and O–H groups in total. The van der Waals surface area contributed by atoms with E-state index in [1.807, 2.05) is 0 Å². The van der Waals surface area contributed by atoms with Gasteiger partial charge in [0, 0.05) is 29.6 Å². The molecule has 0 bridgehead atoms. The van der Waals surface area contributed by atoms with Crippen molar-refractivity contribution in [1.82, 2.24) is 19.2 Å². The Bertz CT molecular complexity index is 1690. The van der Waals surface area contributed by atoms with Crippen molar-refractivity contribution in [1.29, 1.82) is 0 Å². The Morgan fingerprint density at radius 1 is 0.946 bits per heavy atom. The predicted octanol–water partition coefficient (Wildman–Crippen LogP) is 4.50. The van der Waals surface area contributed by atoms with E-state index in [0.717, 1.165) is 18.5 Å². The molecule has 0 fully saturated rings. The van der Waals surface area contributed by atoms with Crippen LogP contribution in [-0.4, -0.2) is 32.7 Å².